The summed E-state index contributed by atoms with van der Waals surface area (Å²) in [6, 6.07) is 7.57. The Hall–Kier alpha value is -2.67. The Morgan fingerprint density at radius 2 is 2.19 bits per heavy atom. The number of carbonyl (C=O) groups is 1. The molecule has 7 nitrogen and oxygen atoms in total. The number of ether oxygens (including phenoxy) is 2. The van der Waals surface area contributed by atoms with E-state index in [9.17, 15) is 4.79 Å². The Morgan fingerprint density at radius 3 is 2.96 bits per heavy atom. The molecule has 7 heteroatoms. The van der Waals surface area contributed by atoms with Gasteiger partial charge in [0.1, 0.15) is 12.4 Å². The number of carbonyl (C=O) groups excluding carboxylic acids is 1. The zero-order valence-electron chi connectivity index (χ0n) is 15.1. The van der Waals surface area contributed by atoms with Gasteiger partial charge in [0.2, 0.25) is 11.9 Å². The molecule has 1 atom stereocenters. The molecule has 2 aromatic rings. The third kappa shape index (κ3) is 3.77. The van der Waals surface area contributed by atoms with Crippen LogP contribution in [-0.2, 0) is 9.53 Å². The standard InChI is InChI=1S/C19H24N4O3/c1-25-12-17(24)23-9-4-3-8-16(23)18-15(11-21-19(20)22-18)13-6-5-7-14(10-13)26-2/h5-7,10-11,16H,3-4,8-9,12H2,1-2H3,(H2,20,21,22). The molecule has 1 saturated heterocycles. The maximum Gasteiger partial charge on any atom is 0.249 e. The van der Waals surface area contributed by atoms with Crippen molar-refractivity contribution >= 4 is 11.9 Å². The van der Waals surface area contributed by atoms with Crippen LogP contribution < -0.4 is 10.5 Å². The number of anilines is 1. The normalized spacial score (nSPS) is 17.2. The second-order valence-corrected chi connectivity index (χ2v) is 6.29. The average molecular weight is 356 g/mol. The van der Waals surface area contributed by atoms with Gasteiger partial charge in [-0.2, -0.15) is 0 Å². The molecule has 1 unspecified atom stereocenters. The molecule has 1 aliphatic rings. The zero-order chi connectivity index (χ0) is 18.5. The highest BCUT2D eigenvalue weighted by molar-refractivity contribution is 5.78. The molecule has 2 N–H and O–H groups in total. The predicted octanol–water partition coefficient (Wildman–Crippen LogP) is 2.43. The summed E-state index contributed by atoms with van der Waals surface area (Å²) in [5.41, 5.74) is 8.44. The third-order valence-corrected chi connectivity index (χ3v) is 4.62. The molecule has 3 rings (SSSR count). The number of rotatable bonds is 5. The second-order valence-electron chi connectivity index (χ2n) is 6.29. The molecule has 1 aromatic carbocycles. The van der Waals surface area contributed by atoms with E-state index in [1.807, 2.05) is 29.2 Å². The third-order valence-electron chi connectivity index (χ3n) is 4.62. The zero-order valence-corrected chi connectivity index (χ0v) is 15.1. The summed E-state index contributed by atoms with van der Waals surface area (Å²) in [5.74, 6) is 0.920. The van der Waals surface area contributed by atoms with Crippen molar-refractivity contribution in [1.82, 2.24) is 14.9 Å². The summed E-state index contributed by atoms with van der Waals surface area (Å²) < 4.78 is 10.4. The second kappa shape index (κ2) is 8.14. The first-order valence-corrected chi connectivity index (χ1v) is 8.69. The van der Waals surface area contributed by atoms with Crippen molar-refractivity contribution in [2.45, 2.75) is 25.3 Å². The van der Waals surface area contributed by atoms with Crippen LogP contribution in [0.4, 0.5) is 5.95 Å². The van der Waals surface area contributed by atoms with Gasteiger partial charge in [0.05, 0.1) is 18.8 Å². The molecule has 1 aliphatic heterocycles. The van der Waals surface area contributed by atoms with Crippen LogP contribution in [0.25, 0.3) is 11.1 Å². The molecule has 0 aliphatic carbocycles. The van der Waals surface area contributed by atoms with Gasteiger partial charge in [-0.3, -0.25) is 4.79 Å². The molecule has 0 radical (unpaired) electrons. The minimum Gasteiger partial charge on any atom is -0.497 e. The first-order valence-electron chi connectivity index (χ1n) is 8.69. The number of hydrogen-bond donors (Lipinski definition) is 1. The molecule has 2 heterocycles. The van der Waals surface area contributed by atoms with Crippen molar-refractivity contribution in [3.63, 3.8) is 0 Å². The Kier molecular flexibility index (Phi) is 5.68. The van der Waals surface area contributed by atoms with E-state index in [-0.39, 0.29) is 24.5 Å². The highest BCUT2D eigenvalue weighted by Crippen LogP contribution is 2.36. The molecule has 138 valence electrons. The Balaban J connectivity index is 2.05. The van der Waals surface area contributed by atoms with Gasteiger partial charge in [-0.05, 0) is 37.0 Å². The minimum absolute atomic E-state index is 0.0361. The number of amides is 1. The van der Waals surface area contributed by atoms with Gasteiger partial charge in [-0.25, -0.2) is 9.97 Å². The summed E-state index contributed by atoms with van der Waals surface area (Å²) in [7, 11) is 3.16. The van der Waals surface area contributed by atoms with Crippen molar-refractivity contribution in [2.75, 3.05) is 33.1 Å². The lowest BCUT2D eigenvalue weighted by molar-refractivity contribution is -0.139. The van der Waals surface area contributed by atoms with E-state index in [2.05, 4.69) is 9.97 Å². The van der Waals surface area contributed by atoms with Crippen LogP contribution in [-0.4, -0.2) is 48.1 Å². The van der Waals surface area contributed by atoms with E-state index in [1.165, 1.54) is 7.11 Å². The van der Waals surface area contributed by atoms with Crippen molar-refractivity contribution in [1.29, 1.82) is 0 Å². The summed E-state index contributed by atoms with van der Waals surface area (Å²) in [5, 5.41) is 0. The molecule has 26 heavy (non-hydrogen) atoms. The first kappa shape index (κ1) is 18.1. The molecule has 0 saturated carbocycles. The molecule has 0 spiro atoms. The van der Waals surface area contributed by atoms with E-state index >= 15 is 0 Å². The number of methoxy groups -OCH3 is 2. The number of likely N-dealkylation sites (tertiary alicyclic amines) is 1. The SMILES string of the molecule is COCC(=O)N1CCCCC1c1nc(N)ncc1-c1cccc(OC)c1. The number of aromatic nitrogens is 2. The Bertz CT molecular complexity index is 781. The average Bonchev–Trinajstić information content (AvgIpc) is 2.68. The molecule has 1 fully saturated rings. The van der Waals surface area contributed by atoms with Crippen LogP contribution in [0.15, 0.2) is 30.5 Å². The Morgan fingerprint density at radius 1 is 1.35 bits per heavy atom. The molecular formula is C19H24N4O3. The molecule has 1 aromatic heterocycles. The van der Waals surface area contributed by atoms with Crippen LogP contribution >= 0.6 is 0 Å². The molecular weight excluding hydrogens is 332 g/mol. The van der Waals surface area contributed by atoms with Gasteiger partial charge in [0, 0.05) is 25.4 Å². The highest BCUT2D eigenvalue weighted by atomic mass is 16.5. The van der Waals surface area contributed by atoms with Crippen LogP contribution in [0.2, 0.25) is 0 Å². The lowest BCUT2D eigenvalue weighted by Crippen LogP contribution is -2.41. The van der Waals surface area contributed by atoms with E-state index in [0.29, 0.717) is 6.54 Å². The Labute approximate surface area is 153 Å². The van der Waals surface area contributed by atoms with E-state index < -0.39 is 0 Å². The number of nitrogen functional groups attached to an aromatic ring is 1. The van der Waals surface area contributed by atoms with Crippen molar-refractivity contribution < 1.29 is 14.3 Å². The number of benzene rings is 1. The predicted molar refractivity (Wildman–Crippen MR) is 98.6 cm³/mol. The van der Waals surface area contributed by atoms with E-state index in [1.54, 1.807) is 13.3 Å². The van der Waals surface area contributed by atoms with Crippen molar-refractivity contribution in [3.05, 3.63) is 36.2 Å². The van der Waals surface area contributed by atoms with Crippen LogP contribution in [0.3, 0.4) is 0 Å². The number of nitrogens with two attached hydrogens (primary N) is 1. The summed E-state index contributed by atoms with van der Waals surface area (Å²) in [4.78, 5) is 23.0. The van der Waals surface area contributed by atoms with Crippen LogP contribution in [0.5, 0.6) is 5.75 Å². The van der Waals surface area contributed by atoms with Gasteiger partial charge in [-0.1, -0.05) is 12.1 Å². The maximum absolute atomic E-state index is 12.5. The van der Waals surface area contributed by atoms with Gasteiger partial charge in [0.15, 0.2) is 0 Å². The fraction of sp³-hybridized carbons (Fsp3) is 0.421. The maximum atomic E-state index is 12.5. The summed E-state index contributed by atoms with van der Waals surface area (Å²) >= 11 is 0. The highest BCUT2D eigenvalue weighted by Gasteiger charge is 2.31. The minimum atomic E-state index is -0.141. The van der Waals surface area contributed by atoms with Crippen LogP contribution in [0.1, 0.15) is 31.0 Å². The van der Waals surface area contributed by atoms with Gasteiger partial charge >= 0.3 is 0 Å². The van der Waals surface area contributed by atoms with Crippen molar-refractivity contribution in [3.8, 4) is 16.9 Å². The van der Waals surface area contributed by atoms with Crippen molar-refractivity contribution in [2.24, 2.45) is 0 Å². The number of piperidine rings is 1. The molecule has 1 amide bonds. The topological polar surface area (TPSA) is 90.6 Å². The smallest absolute Gasteiger partial charge is 0.249 e. The molecule has 0 bridgehead atoms. The van der Waals surface area contributed by atoms with E-state index in [4.69, 9.17) is 15.2 Å². The largest absolute Gasteiger partial charge is 0.497 e. The van der Waals surface area contributed by atoms with Crippen LogP contribution in [0, 0.1) is 0 Å². The number of nitrogens with zero attached hydrogens (tertiary/aromatic N) is 3. The van der Waals surface area contributed by atoms with Gasteiger partial charge < -0.3 is 20.1 Å². The fourth-order valence-corrected chi connectivity index (χ4v) is 3.40. The van der Waals surface area contributed by atoms with Gasteiger partial charge in [0.25, 0.3) is 0 Å². The summed E-state index contributed by atoms with van der Waals surface area (Å²) in [6.45, 7) is 0.750. The fourth-order valence-electron chi connectivity index (χ4n) is 3.40. The lowest BCUT2D eigenvalue weighted by atomic mass is 9.93. The summed E-state index contributed by atoms with van der Waals surface area (Å²) in [6.07, 6.45) is 4.56. The quantitative estimate of drug-likeness (QED) is 0.885. The van der Waals surface area contributed by atoms with Gasteiger partial charge in [-0.15, -0.1) is 0 Å². The lowest BCUT2D eigenvalue weighted by Gasteiger charge is -2.36. The number of hydrogen-bond acceptors (Lipinski definition) is 6. The monoisotopic (exact) mass is 356 g/mol. The van der Waals surface area contributed by atoms with E-state index in [0.717, 1.165) is 41.8 Å². The first-order chi connectivity index (χ1) is 12.6.